The molecule has 0 atom stereocenters. The lowest BCUT2D eigenvalue weighted by atomic mass is 10.0. The fourth-order valence-electron chi connectivity index (χ4n) is 2.95. The van der Waals surface area contributed by atoms with E-state index in [1.165, 1.54) is 6.20 Å². The lowest BCUT2D eigenvalue weighted by molar-refractivity contribution is -0.141. The van der Waals surface area contributed by atoms with Gasteiger partial charge in [0, 0.05) is 17.8 Å². The van der Waals surface area contributed by atoms with Gasteiger partial charge >= 0.3 is 11.9 Å². The number of halogens is 2. The van der Waals surface area contributed by atoms with Crippen LogP contribution in [0.3, 0.4) is 0 Å². The SMILES string of the molecule is CCOC(=O)c1cn(C2CC2)c2c(Cl)c(CC(=O)OCC#N)c(F)cc2c1=O. The van der Waals surface area contributed by atoms with Gasteiger partial charge in [-0.05, 0) is 25.8 Å². The summed E-state index contributed by atoms with van der Waals surface area (Å²) in [6.07, 6.45) is 2.52. The standard InChI is InChI=1S/C19H16ClFN2O5/c1-2-27-19(26)13-9-23(10-3-4-10)17-12(18(13)25)7-14(21)11(16(17)20)8-15(24)28-6-5-22/h7,9-10H,2-4,6,8H2,1H3. The van der Waals surface area contributed by atoms with Gasteiger partial charge in [0.15, 0.2) is 6.61 Å². The lowest BCUT2D eigenvalue weighted by Crippen LogP contribution is -2.21. The van der Waals surface area contributed by atoms with Crippen LogP contribution in [0.25, 0.3) is 10.9 Å². The highest BCUT2D eigenvalue weighted by molar-refractivity contribution is 6.36. The molecular weight excluding hydrogens is 391 g/mol. The van der Waals surface area contributed by atoms with E-state index in [1.54, 1.807) is 17.6 Å². The molecule has 0 aliphatic heterocycles. The molecule has 1 saturated carbocycles. The third-order valence-corrected chi connectivity index (χ3v) is 4.76. The zero-order valence-electron chi connectivity index (χ0n) is 15.0. The average molecular weight is 407 g/mol. The van der Waals surface area contributed by atoms with Crippen molar-refractivity contribution in [1.29, 1.82) is 5.26 Å². The summed E-state index contributed by atoms with van der Waals surface area (Å²) < 4.78 is 25.9. The van der Waals surface area contributed by atoms with Gasteiger partial charge in [-0.15, -0.1) is 0 Å². The van der Waals surface area contributed by atoms with E-state index in [2.05, 4.69) is 4.74 Å². The molecule has 146 valence electrons. The number of carbonyl (C=O) groups is 2. The summed E-state index contributed by atoms with van der Waals surface area (Å²) in [4.78, 5) is 36.7. The van der Waals surface area contributed by atoms with Crippen LogP contribution in [-0.2, 0) is 20.7 Å². The van der Waals surface area contributed by atoms with Gasteiger partial charge in [0.1, 0.15) is 17.4 Å². The predicted molar refractivity (Wildman–Crippen MR) is 97.7 cm³/mol. The molecule has 0 bridgehead atoms. The summed E-state index contributed by atoms with van der Waals surface area (Å²) in [5.74, 6) is -2.47. The molecule has 1 aromatic carbocycles. The van der Waals surface area contributed by atoms with Gasteiger partial charge in [-0.2, -0.15) is 5.26 Å². The maximum Gasteiger partial charge on any atom is 0.343 e. The number of fused-ring (bicyclic) bond motifs is 1. The van der Waals surface area contributed by atoms with Gasteiger partial charge in [-0.1, -0.05) is 11.6 Å². The Balaban J connectivity index is 2.19. The monoisotopic (exact) mass is 406 g/mol. The van der Waals surface area contributed by atoms with Crippen molar-refractivity contribution in [2.24, 2.45) is 0 Å². The van der Waals surface area contributed by atoms with E-state index >= 15 is 0 Å². The number of hydrogen-bond donors (Lipinski definition) is 0. The van der Waals surface area contributed by atoms with E-state index < -0.39 is 36.2 Å². The number of benzene rings is 1. The molecule has 0 amide bonds. The number of nitrogens with zero attached hydrogens (tertiary/aromatic N) is 2. The number of aromatic nitrogens is 1. The van der Waals surface area contributed by atoms with Crippen LogP contribution in [0.15, 0.2) is 17.1 Å². The Morgan fingerprint density at radius 2 is 2.11 bits per heavy atom. The third-order valence-electron chi connectivity index (χ3n) is 4.36. The van der Waals surface area contributed by atoms with Crippen LogP contribution in [0.4, 0.5) is 4.39 Å². The average Bonchev–Trinajstić information content (AvgIpc) is 3.49. The number of carbonyl (C=O) groups excluding carboxylic acids is 2. The van der Waals surface area contributed by atoms with Crippen molar-refractivity contribution in [3.8, 4) is 6.07 Å². The molecule has 9 heteroatoms. The first-order valence-electron chi connectivity index (χ1n) is 8.64. The Morgan fingerprint density at radius 3 is 2.71 bits per heavy atom. The first-order chi connectivity index (χ1) is 13.4. The van der Waals surface area contributed by atoms with Crippen LogP contribution < -0.4 is 5.43 Å². The minimum atomic E-state index is -0.869. The normalized spacial score (nSPS) is 13.2. The first kappa shape index (κ1) is 19.8. The summed E-state index contributed by atoms with van der Waals surface area (Å²) in [6, 6.07) is 2.63. The Morgan fingerprint density at radius 1 is 1.39 bits per heavy atom. The van der Waals surface area contributed by atoms with E-state index in [-0.39, 0.29) is 39.7 Å². The molecule has 1 fully saturated rings. The molecule has 0 N–H and O–H groups in total. The van der Waals surface area contributed by atoms with E-state index in [1.807, 2.05) is 0 Å². The molecule has 0 saturated heterocycles. The summed E-state index contributed by atoms with van der Waals surface area (Å²) >= 11 is 6.38. The minimum absolute atomic E-state index is 0.0117. The second kappa shape index (κ2) is 7.98. The summed E-state index contributed by atoms with van der Waals surface area (Å²) in [6.45, 7) is 1.26. The van der Waals surface area contributed by atoms with E-state index in [0.29, 0.717) is 0 Å². The summed E-state index contributed by atoms with van der Waals surface area (Å²) in [5, 5.41) is 8.32. The van der Waals surface area contributed by atoms with Crippen LogP contribution in [0, 0.1) is 17.1 Å². The van der Waals surface area contributed by atoms with E-state index in [0.717, 1.165) is 18.9 Å². The van der Waals surface area contributed by atoms with Gasteiger partial charge in [-0.3, -0.25) is 9.59 Å². The molecular formula is C19H16ClFN2O5. The molecule has 0 spiro atoms. The molecule has 1 aromatic heterocycles. The van der Waals surface area contributed by atoms with Crippen molar-refractivity contribution in [2.45, 2.75) is 32.2 Å². The molecule has 28 heavy (non-hydrogen) atoms. The van der Waals surface area contributed by atoms with Gasteiger partial charge < -0.3 is 14.0 Å². The highest BCUT2D eigenvalue weighted by Gasteiger charge is 2.30. The number of nitriles is 1. The molecule has 1 aliphatic carbocycles. The van der Waals surface area contributed by atoms with Crippen LogP contribution in [0.1, 0.15) is 41.7 Å². The van der Waals surface area contributed by atoms with Crippen molar-refractivity contribution in [3.05, 3.63) is 44.5 Å². The molecule has 0 radical (unpaired) electrons. The smallest absolute Gasteiger partial charge is 0.343 e. The van der Waals surface area contributed by atoms with Crippen LogP contribution in [0.2, 0.25) is 5.02 Å². The largest absolute Gasteiger partial charge is 0.462 e. The van der Waals surface area contributed by atoms with Crippen LogP contribution >= 0.6 is 11.6 Å². The lowest BCUT2D eigenvalue weighted by Gasteiger charge is -2.16. The van der Waals surface area contributed by atoms with E-state index in [9.17, 15) is 18.8 Å². The highest BCUT2D eigenvalue weighted by atomic mass is 35.5. The Labute approximate surface area is 164 Å². The number of ether oxygens (including phenoxy) is 2. The van der Waals surface area contributed by atoms with Crippen molar-refractivity contribution < 1.29 is 23.5 Å². The number of esters is 2. The fraction of sp³-hybridized carbons (Fsp3) is 0.368. The van der Waals surface area contributed by atoms with Gasteiger partial charge in [-0.25, -0.2) is 9.18 Å². The minimum Gasteiger partial charge on any atom is -0.462 e. The van der Waals surface area contributed by atoms with Crippen molar-refractivity contribution in [1.82, 2.24) is 4.57 Å². The third kappa shape index (κ3) is 3.71. The van der Waals surface area contributed by atoms with Crippen molar-refractivity contribution in [3.63, 3.8) is 0 Å². The van der Waals surface area contributed by atoms with Crippen molar-refractivity contribution >= 4 is 34.4 Å². The molecule has 1 aliphatic rings. The van der Waals surface area contributed by atoms with Gasteiger partial charge in [0.25, 0.3) is 0 Å². The Hall–Kier alpha value is -2.92. The summed E-state index contributed by atoms with van der Waals surface area (Å²) in [7, 11) is 0. The first-order valence-corrected chi connectivity index (χ1v) is 9.02. The maximum atomic E-state index is 14.7. The molecule has 1 heterocycles. The predicted octanol–water partition coefficient (Wildman–Crippen LogP) is 2.91. The van der Waals surface area contributed by atoms with Crippen LogP contribution in [-0.4, -0.2) is 29.7 Å². The maximum absolute atomic E-state index is 14.7. The number of hydrogen-bond acceptors (Lipinski definition) is 6. The van der Waals surface area contributed by atoms with E-state index in [4.69, 9.17) is 21.6 Å². The number of rotatable bonds is 6. The Bertz CT molecular complexity index is 1070. The zero-order valence-corrected chi connectivity index (χ0v) is 15.7. The zero-order chi connectivity index (χ0) is 20.4. The molecule has 0 unspecified atom stereocenters. The van der Waals surface area contributed by atoms with Gasteiger partial charge in [0.05, 0.1) is 29.0 Å². The quantitative estimate of drug-likeness (QED) is 0.684. The van der Waals surface area contributed by atoms with Gasteiger partial charge in [0.2, 0.25) is 5.43 Å². The molecule has 3 rings (SSSR count). The highest BCUT2D eigenvalue weighted by Crippen LogP contribution is 2.40. The number of pyridine rings is 1. The Kier molecular flexibility index (Phi) is 5.66. The van der Waals surface area contributed by atoms with Crippen molar-refractivity contribution in [2.75, 3.05) is 13.2 Å². The second-order valence-electron chi connectivity index (χ2n) is 6.27. The van der Waals surface area contributed by atoms with Crippen LogP contribution in [0.5, 0.6) is 0 Å². The topological polar surface area (TPSA) is 98.4 Å². The molecule has 7 nitrogen and oxygen atoms in total. The molecule has 2 aromatic rings. The summed E-state index contributed by atoms with van der Waals surface area (Å²) in [5.41, 5.74) is -0.760. The second-order valence-corrected chi connectivity index (χ2v) is 6.65. The fourth-order valence-corrected chi connectivity index (χ4v) is 3.30.